The summed E-state index contributed by atoms with van der Waals surface area (Å²) < 4.78 is 2.03. The lowest BCUT2D eigenvalue weighted by Gasteiger charge is -1.98. The number of aromatic nitrogens is 2. The lowest BCUT2D eigenvalue weighted by atomic mass is 10.2. The van der Waals surface area contributed by atoms with Crippen LogP contribution in [0.3, 0.4) is 0 Å². The van der Waals surface area contributed by atoms with Gasteiger partial charge in [-0.25, -0.2) is 0 Å². The molecule has 0 atom stereocenters. The van der Waals surface area contributed by atoms with Gasteiger partial charge in [0.2, 0.25) is 0 Å². The van der Waals surface area contributed by atoms with E-state index in [2.05, 4.69) is 24.2 Å². The van der Waals surface area contributed by atoms with E-state index in [4.69, 9.17) is 0 Å². The highest BCUT2D eigenvalue weighted by atomic mass is 15.3. The third kappa shape index (κ3) is 1.09. The molecule has 0 N–H and O–H groups in total. The highest BCUT2D eigenvalue weighted by molar-refractivity contribution is 5.78. The van der Waals surface area contributed by atoms with Gasteiger partial charge in [-0.15, -0.1) is 0 Å². The molecule has 2 nitrogen and oxygen atoms in total. The Bertz CT molecular complexity index is 376. The molecule has 0 aliphatic heterocycles. The van der Waals surface area contributed by atoms with Crippen LogP contribution < -0.4 is 0 Å². The molecule has 12 heavy (non-hydrogen) atoms. The van der Waals surface area contributed by atoms with E-state index in [-0.39, 0.29) is 0 Å². The Hall–Kier alpha value is -1.31. The van der Waals surface area contributed by atoms with E-state index in [0.29, 0.717) is 0 Å². The van der Waals surface area contributed by atoms with Crippen LogP contribution in [0.15, 0.2) is 24.4 Å². The Labute approximate surface area is 71.8 Å². The minimum absolute atomic E-state index is 0.994. The highest BCUT2D eigenvalue weighted by Crippen LogP contribution is 2.12. The van der Waals surface area contributed by atoms with Crippen molar-refractivity contribution in [2.75, 3.05) is 0 Å². The average molecular weight is 159 g/mol. The Kier molecular flexibility index (Phi) is 1.82. The molecular weight excluding hydrogens is 148 g/mol. The lowest BCUT2D eigenvalue weighted by molar-refractivity contribution is 0.622. The molecule has 0 aliphatic rings. The zero-order chi connectivity index (χ0) is 8.39. The van der Waals surface area contributed by atoms with E-state index in [9.17, 15) is 0 Å². The second kappa shape index (κ2) is 2.97. The Morgan fingerprint density at radius 1 is 1.58 bits per heavy atom. The van der Waals surface area contributed by atoms with Crippen LogP contribution >= 0.6 is 0 Å². The first-order chi connectivity index (χ1) is 5.92. The number of nitrogens with zero attached hydrogens (tertiary/aromatic N) is 2. The molecule has 0 unspecified atom stereocenters. The first-order valence-electron chi connectivity index (χ1n) is 4.23. The predicted octanol–water partition coefficient (Wildman–Crippen LogP) is 2.25. The molecule has 1 aromatic heterocycles. The fourth-order valence-electron chi connectivity index (χ4n) is 1.36. The van der Waals surface area contributed by atoms with E-state index >= 15 is 0 Å². The number of hydrogen-bond donors (Lipinski definition) is 0. The summed E-state index contributed by atoms with van der Waals surface area (Å²) in [6.45, 7) is 3.15. The van der Waals surface area contributed by atoms with Gasteiger partial charge >= 0.3 is 0 Å². The number of hydrogen-bond acceptors (Lipinski definition) is 1. The maximum atomic E-state index is 4.28. The number of benzene rings is 1. The predicted molar refractivity (Wildman–Crippen MR) is 48.9 cm³/mol. The number of fused-ring (bicyclic) bond motifs is 1. The van der Waals surface area contributed by atoms with Crippen molar-refractivity contribution >= 4 is 10.9 Å². The first kappa shape index (κ1) is 7.35. The van der Waals surface area contributed by atoms with Crippen LogP contribution in [-0.4, -0.2) is 9.78 Å². The van der Waals surface area contributed by atoms with Crippen LogP contribution in [0.25, 0.3) is 10.9 Å². The van der Waals surface area contributed by atoms with Gasteiger partial charge in [-0.2, -0.15) is 5.10 Å². The third-order valence-corrected chi connectivity index (χ3v) is 1.92. The van der Waals surface area contributed by atoms with Gasteiger partial charge in [-0.3, -0.25) is 4.68 Å². The number of rotatable bonds is 2. The van der Waals surface area contributed by atoms with Gasteiger partial charge in [0.1, 0.15) is 0 Å². The van der Waals surface area contributed by atoms with Gasteiger partial charge in [0.05, 0.1) is 11.7 Å². The summed E-state index contributed by atoms with van der Waals surface area (Å²) in [6.07, 6.45) is 3.01. The molecule has 0 amide bonds. The zero-order valence-electron chi connectivity index (χ0n) is 7.12. The van der Waals surface area contributed by atoms with E-state index < -0.39 is 0 Å². The Morgan fingerprint density at radius 3 is 3.33 bits per heavy atom. The summed E-state index contributed by atoms with van der Waals surface area (Å²) in [7, 11) is 0. The molecule has 0 aliphatic carbocycles. The smallest absolute Gasteiger partial charge is 0.0682 e. The normalized spacial score (nSPS) is 10.8. The molecule has 0 saturated heterocycles. The zero-order valence-corrected chi connectivity index (χ0v) is 7.12. The van der Waals surface area contributed by atoms with Crippen molar-refractivity contribution in [1.82, 2.24) is 9.78 Å². The maximum Gasteiger partial charge on any atom is 0.0682 e. The van der Waals surface area contributed by atoms with Crippen molar-refractivity contribution in [2.45, 2.75) is 19.9 Å². The summed E-state index contributed by atoms with van der Waals surface area (Å²) >= 11 is 0. The van der Waals surface area contributed by atoms with Crippen molar-refractivity contribution < 1.29 is 0 Å². The molecule has 1 radical (unpaired) electrons. The van der Waals surface area contributed by atoms with Crippen molar-refractivity contribution in [3.63, 3.8) is 0 Å². The second-order valence-corrected chi connectivity index (χ2v) is 2.85. The Balaban J connectivity index is 2.55. The fraction of sp³-hybridized carbons (Fsp3) is 0.300. The summed E-state index contributed by atoms with van der Waals surface area (Å²) in [6, 6.07) is 8.98. The van der Waals surface area contributed by atoms with E-state index in [1.54, 1.807) is 0 Å². The Morgan fingerprint density at radius 2 is 2.50 bits per heavy atom. The van der Waals surface area contributed by atoms with Crippen molar-refractivity contribution in [3.8, 4) is 0 Å². The van der Waals surface area contributed by atoms with Crippen LogP contribution in [0.1, 0.15) is 13.3 Å². The summed E-state index contributed by atoms with van der Waals surface area (Å²) in [5, 5.41) is 5.45. The van der Waals surface area contributed by atoms with Crippen LogP contribution in [0.2, 0.25) is 0 Å². The van der Waals surface area contributed by atoms with E-state index in [1.807, 2.05) is 23.0 Å². The molecule has 1 heterocycles. The largest absolute Gasteiger partial charge is 0.265 e. The van der Waals surface area contributed by atoms with Crippen molar-refractivity contribution in [1.29, 1.82) is 0 Å². The first-order valence-corrected chi connectivity index (χ1v) is 4.23. The summed E-state index contributed by atoms with van der Waals surface area (Å²) in [4.78, 5) is 0. The summed E-state index contributed by atoms with van der Waals surface area (Å²) in [5.41, 5.74) is 1.20. The number of aryl methyl sites for hydroxylation is 1. The molecule has 0 saturated carbocycles. The lowest BCUT2D eigenvalue weighted by Crippen LogP contribution is -1.97. The van der Waals surface area contributed by atoms with E-state index in [0.717, 1.165) is 13.0 Å². The highest BCUT2D eigenvalue weighted by Gasteiger charge is 1.98. The molecule has 0 fully saturated rings. The molecular formula is C10H11N2. The van der Waals surface area contributed by atoms with Crippen molar-refractivity contribution in [3.05, 3.63) is 30.5 Å². The van der Waals surface area contributed by atoms with Gasteiger partial charge < -0.3 is 0 Å². The van der Waals surface area contributed by atoms with Gasteiger partial charge in [-0.1, -0.05) is 13.0 Å². The quantitative estimate of drug-likeness (QED) is 0.657. The molecule has 0 bridgehead atoms. The van der Waals surface area contributed by atoms with Gasteiger partial charge in [-0.05, 0) is 24.6 Å². The maximum absolute atomic E-state index is 4.28. The second-order valence-electron chi connectivity index (χ2n) is 2.85. The fourth-order valence-corrected chi connectivity index (χ4v) is 1.36. The van der Waals surface area contributed by atoms with Gasteiger partial charge in [0.25, 0.3) is 0 Å². The summed E-state index contributed by atoms with van der Waals surface area (Å²) in [5.74, 6) is 0. The molecule has 1 aromatic carbocycles. The monoisotopic (exact) mass is 159 g/mol. The van der Waals surface area contributed by atoms with E-state index in [1.165, 1.54) is 10.9 Å². The van der Waals surface area contributed by atoms with Crippen LogP contribution in [0.5, 0.6) is 0 Å². The van der Waals surface area contributed by atoms with Crippen molar-refractivity contribution in [2.24, 2.45) is 0 Å². The van der Waals surface area contributed by atoms with Crippen LogP contribution in [0.4, 0.5) is 0 Å². The minimum atomic E-state index is 0.994. The van der Waals surface area contributed by atoms with Gasteiger partial charge in [0.15, 0.2) is 0 Å². The molecule has 2 rings (SSSR count). The minimum Gasteiger partial charge on any atom is -0.265 e. The molecule has 2 heteroatoms. The SMILES string of the molecule is CCCn1ncc2c[c]ccc21. The molecule has 61 valence electrons. The standard InChI is InChI=1S/C10H11N2/c1-2-7-12-10-6-4-3-5-9(10)8-11-12/h4-6,8H,2,7H2,1H3. The van der Waals surface area contributed by atoms with Crippen LogP contribution in [0, 0.1) is 6.07 Å². The molecule has 0 spiro atoms. The average Bonchev–Trinajstić information content (AvgIpc) is 2.50. The van der Waals surface area contributed by atoms with Crippen LogP contribution in [-0.2, 0) is 6.54 Å². The topological polar surface area (TPSA) is 17.8 Å². The third-order valence-electron chi connectivity index (χ3n) is 1.92. The molecule has 2 aromatic rings. The van der Waals surface area contributed by atoms with Gasteiger partial charge in [0, 0.05) is 11.9 Å².